The fourth-order valence-electron chi connectivity index (χ4n) is 2.99. The number of rotatable bonds is 7. The molecule has 1 heterocycles. The lowest BCUT2D eigenvalue weighted by Crippen LogP contribution is -2.30. The number of H-pyrrole nitrogens is 1. The van der Waals surface area contributed by atoms with Crippen LogP contribution in [0.5, 0.6) is 5.75 Å². The van der Waals surface area contributed by atoms with E-state index in [1.807, 2.05) is 12.1 Å². The third kappa shape index (κ3) is 3.11. The molecule has 0 bridgehead atoms. The Morgan fingerprint density at radius 3 is 2.82 bits per heavy atom. The second kappa shape index (κ2) is 6.42. The lowest BCUT2D eigenvalue weighted by Gasteiger charge is -2.14. The van der Waals surface area contributed by atoms with Crippen molar-refractivity contribution in [3.8, 4) is 5.75 Å². The Bertz CT molecular complexity index is 654. The summed E-state index contributed by atoms with van der Waals surface area (Å²) in [4.78, 5) is 15.2. The summed E-state index contributed by atoms with van der Waals surface area (Å²) in [5, 5.41) is 4.07. The van der Waals surface area contributed by atoms with Gasteiger partial charge in [0.1, 0.15) is 5.75 Å². The topological polar surface area (TPSA) is 54.1 Å². The Morgan fingerprint density at radius 1 is 1.36 bits per heavy atom. The van der Waals surface area contributed by atoms with E-state index in [0.717, 1.165) is 42.3 Å². The molecule has 2 aromatic rings. The first-order valence-electron chi connectivity index (χ1n) is 8.25. The van der Waals surface area contributed by atoms with Gasteiger partial charge in [-0.25, -0.2) is 0 Å². The minimum absolute atomic E-state index is 0.0286. The largest absolute Gasteiger partial charge is 0.483 e. The van der Waals surface area contributed by atoms with Gasteiger partial charge in [-0.2, -0.15) is 0 Å². The first kappa shape index (κ1) is 14.9. The van der Waals surface area contributed by atoms with Crippen LogP contribution in [0.4, 0.5) is 0 Å². The quantitative estimate of drug-likeness (QED) is 0.818. The average Bonchev–Trinajstić information content (AvgIpc) is 3.24. The van der Waals surface area contributed by atoms with Gasteiger partial charge in [0.05, 0.1) is 0 Å². The second-order valence-electron chi connectivity index (χ2n) is 6.07. The molecule has 0 spiro atoms. The van der Waals surface area contributed by atoms with Crippen molar-refractivity contribution in [1.29, 1.82) is 0 Å². The number of amides is 1. The van der Waals surface area contributed by atoms with E-state index in [9.17, 15) is 4.79 Å². The Balaban J connectivity index is 1.81. The Labute approximate surface area is 131 Å². The maximum atomic E-state index is 11.8. The highest BCUT2D eigenvalue weighted by atomic mass is 16.5. The van der Waals surface area contributed by atoms with Crippen molar-refractivity contribution in [3.05, 3.63) is 30.0 Å². The SMILES string of the molecule is CCC(CC)c1c[nH]c2cccc(OCC(=O)NC3CC3)c12. The molecule has 1 aliphatic carbocycles. The van der Waals surface area contributed by atoms with Crippen LogP contribution >= 0.6 is 0 Å². The van der Waals surface area contributed by atoms with Crippen LogP contribution in [0.15, 0.2) is 24.4 Å². The molecule has 22 heavy (non-hydrogen) atoms. The fraction of sp³-hybridized carbons (Fsp3) is 0.500. The predicted molar refractivity (Wildman–Crippen MR) is 88.3 cm³/mol. The molecule has 2 N–H and O–H groups in total. The molecule has 0 unspecified atom stereocenters. The molecule has 4 heteroatoms. The van der Waals surface area contributed by atoms with E-state index >= 15 is 0 Å². The summed E-state index contributed by atoms with van der Waals surface area (Å²) in [5.41, 5.74) is 2.36. The average molecular weight is 300 g/mol. The smallest absolute Gasteiger partial charge is 0.258 e. The molecule has 1 amide bonds. The number of aromatic amines is 1. The van der Waals surface area contributed by atoms with Crippen LogP contribution < -0.4 is 10.1 Å². The van der Waals surface area contributed by atoms with E-state index in [1.165, 1.54) is 5.56 Å². The van der Waals surface area contributed by atoms with Crippen molar-refractivity contribution in [1.82, 2.24) is 10.3 Å². The zero-order valence-corrected chi connectivity index (χ0v) is 13.3. The number of nitrogens with one attached hydrogen (secondary N) is 2. The van der Waals surface area contributed by atoms with Crippen LogP contribution in [-0.2, 0) is 4.79 Å². The van der Waals surface area contributed by atoms with Crippen LogP contribution in [0, 0.1) is 0 Å². The number of ether oxygens (including phenoxy) is 1. The van der Waals surface area contributed by atoms with Gasteiger partial charge in [-0.05, 0) is 49.3 Å². The number of aromatic nitrogens is 1. The number of hydrogen-bond acceptors (Lipinski definition) is 2. The van der Waals surface area contributed by atoms with E-state index in [1.54, 1.807) is 0 Å². The molecule has 1 aliphatic rings. The summed E-state index contributed by atoms with van der Waals surface area (Å²) in [5.74, 6) is 1.28. The van der Waals surface area contributed by atoms with Crippen LogP contribution in [0.25, 0.3) is 10.9 Å². The molecule has 118 valence electrons. The van der Waals surface area contributed by atoms with Gasteiger partial charge in [0.25, 0.3) is 5.91 Å². The zero-order chi connectivity index (χ0) is 15.5. The first-order chi connectivity index (χ1) is 10.7. The van der Waals surface area contributed by atoms with Crippen molar-refractivity contribution in [2.24, 2.45) is 0 Å². The van der Waals surface area contributed by atoms with Gasteiger partial charge in [-0.3, -0.25) is 4.79 Å². The maximum absolute atomic E-state index is 11.8. The van der Waals surface area contributed by atoms with Crippen molar-refractivity contribution in [3.63, 3.8) is 0 Å². The standard InChI is InChI=1S/C18H24N2O2/c1-3-12(4-2)14-10-19-15-6-5-7-16(18(14)15)22-11-17(21)20-13-8-9-13/h5-7,10,12-13,19H,3-4,8-9,11H2,1-2H3,(H,20,21). The summed E-state index contributed by atoms with van der Waals surface area (Å²) >= 11 is 0. The van der Waals surface area contributed by atoms with E-state index < -0.39 is 0 Å². The van der Waals surface area contributed by atoms with Gasteiger partial charge in [0.15, 0.2) is 6.61 Å². The third-order valence-corrected chi connectivity index (χ3v) is 4.42. The third-order valence-electron chi connectivity index (χ3n) is 4.42. The van der Waals surface area contributed by atoms with Gasteiger partial charge in [0, 0.05) is 23.1 Å². The number of hydrogen-bond donors (Lipinski definition) is 2. The van der Waals surface area contributed by atoms with Gasteiger partial charge in [-0.1, -0.05) is 19.9 Å². The van der Waals surface area contributed by atoms with Gasteiger partial charge in [-0.15, -0.1) is 0 Å². The highest BCUT2D eigenvalue weighted by Gasteiger charge is 2.23. The van der Waals surface area contributed by atoms with Gasteiger partial charge in [0.2, 0.25) is 0 Å². The van der Waals surface area contributed by atoms with Crippen LogP contribution in [-0.4, -0.2) is 23.5 Å². The van der Waals surface area contributed by atoms with Crippen LogP contribution in [0.3, 0.4) is 0 Å². The summed E-state index contributed by atoms with van der Waals surface area (Å²) in [6.07, 6.45) is 6.47. The lowest BCUT2D eigenvalue weighted by atomic mass is 9.93. The molecule has 1 fully saturated rings. The Kier molecular flexibility index (Phi) is 4.36. The number of carbonyl (C=O) groups excluding carboxylic acids is 1. The van der Waals surface area contributed by atoms with E-state index in [4.69, 9.17) is 4.74 Å². The van der Waals surface area contributed by atoms with Crippen LogP contribution in [0.2, 0.25) is 0 Å². The fourth-order valence-corrected chi connectivity index (χ4v) is 2.99. The van der Waals surface area contributed by atoms with E-state index in [2.05, 4.69) is 36.4 Å². The molecule has 0 radical (unpaired) electrons. The number of fused-ring (bicyclic) bond motifs is 1. The number of carbonyl (C=O) groups is 1. The van der Waals surface area contributed by atoms with E-state index in [0.29, 0.717) is 12.0 Å². The summed E-state index contributed by atoms with van der Waals surface area (Å²) in [7, 11) is 0. The van der Waals surface area contributed by atoms with Crippen molar-refractivity contribution in [2.75, 3.05) is 6.61 Å². The summed E-state index contributed by atoms with van der Waals surface area (Å²) in [6.45, 7) is 4.50. The molecular formula is C18H24N2O2. The van der Waals surface area contributed by atoms with Crippen molar-refractivity contribution >= 4 is 16.8 Å². The molecule has 1 aromatic heterocycles. The molecular weight excluding hydrogens is 276 g/mol. The molecule has 4 nitrogen and oxygen atoms in total. The monoisotopic (exact) mass is 300 g/mol. The lowest BCUT2D eigenvalue weighted by molar-refractivity contribution is -0.123. The highest BCUT2D eigenvalue weighted by Crippen LogP contribution is 2.35. The number of benzene rings is 1. The second-order valence-corrected chi connectivity index (χ2v) is 6.07. The summed E-state index contributed by atoms with van der Waals surface area (Å²) < 4.78 is 5.82. The molecule has 0 atom stereocenters. The normalized spacial score (nSPS) is 14.5. The minimum Gasteiger partial charge on any atom is -0.483 e. The van der Waals surface area contributed by atoms with Crippen LogP contribution in [0.1, 0.15) is 51.0 Å². The molecule has 1 aromatic carbocycles. The predicted octanol–water partition coefficient (Wildman–Crippen LogP) is 3.73. The molecule has 3 rings (SSSR count). The Morgan fingerprint density at radius 2 is 2.14 bits per heavy atom. The van der Waals surface area contributed by atoms with Crippen molar-refractivity contribution in [2.45, 2.75) is 51.5 Å². The first-order valence-corrected chi connectivity index (χ1v) is 8.25. The minimum atomic E-state index is -0.0286. The van der Waals surface area contributed by atoms with Crippen molar-refractivity contribution < 1.29 is 9.53 Å². The van der Waals surface area contributed by atoms with E-state index in [-0.39, 0.29) is 12.5 Å². The zero-order valence-electron chi connectivity index (χ0n) is 13.3. The molecule has 0 aliphatic heterocycles. The Hall–Kier alpha value is -1.97. The molecule has 0 saturated heterocycles. The highest BCUT2D eigenvalue weighted by molar-refractivity contribution is 5.90. The molecule has 1 saturated carbocycles. The maximum Gasteiger partial charge on any atom is 0.258 e. The van der Waals surface area contributed by atoms with Gasteiger partial charge < -0.3 is 15.0 Å². The summed E-state index contributed by atoms with van der Waals surface area (Å²) in [6, 6.07) is 6.34. The van der Waals surface area contributed by atoms with Gasteiger partial charge >= 0.3 is 0 Å².